The van der Waals surface area contributed by atoms with Crippen LogP contribution in [-0.2, 0) is 0 Å². The van der Waals surface area contributed by atoms with Crippen LogP contribution in [0.25, 0.3) is 0 Å². The van der Waals surface area contributed by atoms with Crippen LogP contribution in [0.2, 0.25) is 0 Å². The maximum atomic E-state index is 12.3. The summed E-state index contributed by atoms with van der Waals surface area (Å²) in [5.74, 6) is 0.718. The van der Waals surface area contributed by atoms with Crippen molar-refractivity contribution in [2.45, 2.75) is 6.92 Å². The molecule has 7 heteroatoms. The number of nitrogens with one attached hydrogen (secondary N) is 2. The van der Waals surface area contributed by atoms with Gasteiger partial charge in [0.15, 0.2) is 11.5 Å². The molecule has 2 aromatic carbocycles. The van der Waals surface area contributed by atoms with Crippen LogP contribution in [0.1, 0.15) is 21.6 Å². The minimum atomic E-state index is -0.440. The Kier molecular flexibility index (Phi) is 5.28. The average Bonchev–Trinajstić information content (AvgIpc) is 2.69. The van der Waals surface area contributed by atoms with Crippen molar-refractivity contribution in [1.29, 1.82) is 5.26 Å². The second kappa shape index (κ2) is 7.97. The summed E-state index contributed by atoms with van der Waals surface area (Å²) in [6.07, 6.45) is 0. The Hall–Kier alpha value is -3.92. The number of anilines is 3. The highest BCUT2D eigenvalue weighted by molar-refractivity contribution is 6.03. The molecule has 3 aromatic rings. The molecule has 0 unspecified atom stereocenters. The maximum Gasteiger partial charge on any atom is 0.276 e. The number of rotatable bonds is 5. The van der Waals surface area contributed by atoms with Crippen molar-refractivity contribution in [3.63, 3.8) is 0 Å². The Morgan fingerprint density at radius 3 is 2.59 bits per heavy atom. The van der Waals surface area contributed by atoms with Gasteiger partial charge < -0.3 is 15.4 Å². The summed E-state index contributed by atoms with van der Waals surface area (Å²) in [7, 11) is 1.59. The molecule has 3 rings (SSSR count). The van der Waals surface area contributed by atoms with Crippen LogP contribution in [0.4, 0.5) is 17.2 Å². The standard InChI is InChI=1S/C20H17N5O2/c1-13-7-9-18(27-2)17(11-13)22-19-10-8-16(24-25-19)20(26)23-15-6-4-3-5-14(15)12-21/h3-11H,1-2H3,(H,22,25)(H,23,26). The molecule has 134 valence electrons. The fourth-order valence-corrected chi connectivity index (χ4v) is 2.45. The zero-order chi connectivity index (χ0) is 19.2. The monoisotopic (exact) mass is 359 g/mol. The van der Waals surface area contributed by atoms with Crippen molar-refractivity contribution >= 4 is 23.1 Å². The van der Waals surface area contributed by atoms with Crippen LogP contribution in [0.3, 0.4) is 0 Å². The molecule has 1 amide bonds. The smallest absolute Gasteiger partial charge is 0.276 e. The second-order valence-corrected chi connectivity index (χ2v) is 5.74. The summed E-state index contributed by atoms with van der Waals surface area (Å²) < 4.78 is 5.32. The van der Waals surface area contributed by atoms with Gasteiger partial charge in [0.1, 0.15) is 11.8 Å². The van der Waals surface area contributed by atoms with Crippen molar-refractivity contribution in [3.8, 4) is 11.8 Å². The lowest BCUT2D eigenvalue weighted by Crippen LogP contribution is -2.15. The minimum absolute atomic E-state index is 0.143. The second-order valence-electron chi connectivity index (χ2n) is 5.74. The van der Waals surface area contributed by atoms with Crippen molar-refractivity contribution in [1.82, 2.24) is 10.2 Å². The van der Waals surface area contributed by atoms with Gasteiger partial charge in [-0.2, -0.15) is 5.26 Å². The van der Waals surface area contributed by atoms with E-state index in [-0.39, 0.29) is 5.69 Å². The Morgan fingerprint density at radius 2 is 1.89 bits per heavy atom. The summed E-state index contributed by atoms with van der Waals surface area (Å²) in [6, 6.07) is 17.7. The number of nitriles is 1. The third-order valence-corrected chi connectivity index (χ3v) is 3.81. The molecule has 0 aliphatic rings. The maximum absolute atomic E-state index is 12.3. The lowest BCUT2D eigenvalue weighted by atomic mass is 10.2. The van der Waals surface area contributed by atoms with Crippen LogP contribution < -0.4 is 15.4 Å². The number of ether oxygens (including phenoxy) is 1. The summed E-state index contributed by atoms with van der Waals surface area (Å²) in [5.41, 5.74) is 2.78. The zero-order valence-electron chi connectivity index (χ0n) is 14.9. The van der Waals surface area contributed by atoms with E-state index in [2.05, 4.69) is 20.8 Å². The lowest BCUT2D eigenvalue weighted by Gasteiger charge is -2.11. The average molecular weight is 359 g/mol. The zero-order valence-corrected chi connectivity index (χ0v) is 14.9. The Labute approximate surface area is 156 Å². The normalized spacial score (nSPS) is 9.96. The van der Waals surface area contributed by atoms with E-state index in [4.69, 9.17) is 10.00 Å². The number of amides is 1. The van der Waals surface area contributed by atoms with E-state index in [9.17, 15) is 4.79 Å². The van der Waals surface area contributed by atoms with Crippen LogP contribution in [0.15, 0.2) is 54.6 Å². The van der Waals surface area contributed by atoms with Crippen molar-refractivity contribution < 1.29 is 9.53 Å². The SMILES string of the molecule is COc1ccc(C)cc1Nc1ccc(C(=O)Nc2ccccc2C#N)nn1. The van der Waals surface area contributed by atoms with Gasteiger partial charge in [0.2, 0.25) is 0 Å². The molecule has 0 atom stereocenters. The van der Waals surface area contributed by atoms with Gasteiger partial charge in [0.05, 0.1) is 24.0 Å². The molecule has 27 heavy (non-hydrogen) atoms. The molecule has 1 aromatic heterocycles. The molecular weight excluding hydrogens is 342 g/mol. The van der Waals surface area contributed by atoms with Crippen molar-refractivity contribution in [2.24, 2.45) is 0 Å². The van der Waals surface area contributed by atoms with E-state index >= 15 is 0 Å². The fourth-order valence-electron chi connectivity index (χ4n) is 2.45. The molecule has 2 N–H and O–H groups in total. The molecule has 7 nitrogen and oxygen atoms in total. The van der Waals surface area contributed by atoms with Gasteiger partial charge >= 0.3 is 0 Å². The molecule has 0 saturated carbocycles. The number of aromatic nitrogens is 2. The number of para-hydroxylation sites is 1. The van der Waals surface area contributed by atoms with Crippen LogP contribution in [0.5, 0.6) is 5.75 Å². The first-order chi connectivity index (χ1) is 13.1. The number of benzene rings is 2. The van der Waals surface area contributed by atoms with Gasteiger partial charge in [-0.3, -0.25) is 4.79 Å². The van der Waals surface area contributed by atoms with Crippen molar-refractivity contribution in [2.75, 3.05) is 17.7 Å². The topological polar surface area (TPSA) is 99.9 Å². The van der Waals surface area contributed by atoms with Gasteiger partial charge in [-0.05, 0) is 48.9 Å². The van der Waals surface area contributed by atoms with E-state index in [1.807, 2.05) is 31.2 Å². The van der Waals surface area contributed by atoms with Gasteiger partial charge in [-0.25, -0.2) is 0 Å². The molecule has 0 radical (unpaired) electrons. The Balaban J connectivity index is 1.75. The third-order valence-electron chi connectivity index (χ3n) is 3.81. The molecule has 0 bridgehead atoms. The molecule has 0 aliphatic carbocycles. The molecule has 1 heterocycles. The van der Waals surface area contributed by atoms with Crippen LogP contribution >= 0.6 is 0 Å². The highest BCUT2D eigenvalue weighted by Crippen LogP contribution is 2.27. The first kappa shape index (κ1) is 17.9. The van der Waals surface area contributed by atoms with E-state index in [1.54, 1.807) is 43.5 Å². The van der Waals surface area contributed by atoms with Gasteiger partial charge in [-0.1, -0.05) is 18.2 Å². The molecule has 0 aliphatic heterocycles. The summed E-state index contributed by atoms with van der Waals surface area (Å²) in [6.45, 7) is 1.98. The predicted molar refractivity (Wildman–Crippen MR) is 102 cm³/mol. The first-order valence-electron chi connectivity index (χ1n) is 8.16. The fraction of sp³-hybridized carbons (Fsp3) is 0.100. The van der Waals surface area contributed by atoms with E-state index in [1.165, 1.54) is 0 Å². The molecular formula is C20H17N5O2. The first-order valence-corrected chi connectivity index (χ1v) is 8.16. The quantitative estimate of drug-likeness (QED) is 0.721. The minimum Gasteiger partial charge on any atom is -0.495 e. The van der Waals surface area contributed by atoms with Gasteiger partial charge in [0, 0.05) is 0 Å². The highest BCUT2D eigenvalue weighted by Gasteiger charge is 2.12. The summed E-state index contributed by atoms with van der Waals surface area (Å²) in [4.78, 5) is 12.3. The van der Waals surface area contributed by atoms with E-state index in [0.717, 1.165) is 11.3 Å². The van der Waals surface area contributed by atoms with Gasteiger partial charge in [0.25, 0.3) is 5.91 Å². The van der Waals surface area contributed by atoms with Crippen molar-refractivity contribution in [3.05, 3.63) is 71.4 Å². The number of hydrogen-bond acceptors (Lipinski definition) is 6. The number of nitrogens with zero attached hydrogens (tertiary/aromatic N) is 3. The third kappa shape index (κ3) is 4.19. The predicted octanol–water partition coefficient (Wildman–Crippen LogP) is 3.66. The van der Waals surface area contributed by atoms with E-state index < -0.39 is 5.91 Å². The lowest BCUT2D eigenvalue weighted by molar-refractivity contribution is 0.102. The highest BCUT2D eigenvalue weighted by atomic mass is 16.5. The number of methoxy groups -OCH3 is 1. The van der Waals surface area contributed by atoms with Crippen LogP contribution in [-0.4, -0.2) is 23.2 Å². The number of carbonyl (C=O) groups is 1. The van der Waals surface area contributed by atoms with E-state index in [0.29, 0.717) is 22.8 Å². The number of carbonyl (C=O) groups excluding carboxylic acids is 1. The number of hydrogen-bond donors (Lipinski definition) is 2. The summed E-state index contributed by atoms with van der Waals surface area (Å²) >= 11 is 0. The largest absolute Gasteiger partial charge is 0.495 e. The molecule has 0 spiro atoms. The van der Waals surface area contributed by atoms with Crippen LogP contribution in [0, 0.1) is 18.3 Å². The number of aryl methyl sites for hydroxylation is 1. The summed E-state index contributed by atoms with van der Waals surface area (Å²) in [5, 5.41) is 22.9. The Morgan fingerprint density at radius 1 is 1.07 bits per heavy atom. The van der Waals surface area contributed by atoms with Gasteiger partial charge in [-0.15, -0.1) is 10.2 Å². The molecule has 0 saturated heterocycles. The Bertz CT molecular complexity index is 1010. The molecule has 0 fully saturated rings.